The van der Waals surface area contributed by atoms with Gasteiger partial charge in [-0.2, -0.15) is 0 Å². The van der Waals surface area contributed by atoms with Gasteiger partial charge >= 0.3 is 0 Å². The first-order chi connectivity index (χ1) is 12.7. The van der Waals surface area contributed by atoms with E-state index < -0.39 is 0 Å². The van der Waals surface area contributed by atoms with Gasteiger partial charge in [-0.05, 0) is 43.2 Å². The van der Waals surface area contributed by atoms with Crippen molar-refractivity contribution in [2.75, 3.05) is 33.9 Å². The molecule has 3 N–H and O–H groups in total. The lowest BCUT2D eigenvalue weighted by molar-refractivity contribution is 0.0732. The van der Waals surface area contributed by atoms with Crippen LogP contribution in [0.3, 0.4) is 0 Å². The smallest absolute Gasteiger partial charge is 0.190 e. The van der Waals surface area contributed by atoms with Gasteiger partial charge in [0.15, 0.2) is 5.96 Å². The first kappa shape index (κ1) is 18.7. The van der Waals surface area contributed by atoms with E-state index >= 15 is 0 Å². The van der Waals surface area contributed by atoms with Crippen molar-refractivity contribution in [1.82, 2.24) is 20.6 Å². The summed E-state index contributed by atoms with van der Waals surface area (Å²) >= 11 is 0. The summed E-state index contributed by atoms with van der Waals surface area (Å²) in [5.74, 6) is 1.93. The number of benzene rings is 1. The maximum atomic E-state index is 5.27. The number of imidazole rings is 1. The van der Waals surface area contributed by atoms with Gasteiger partial charge in [-0.15, -0.1) is 0 Å². The van der Waals surface area contributed by atoms with Gasteiger partial charge < -0.3 is 20.4 Å². The fourth-order valence-electron chi connectivity index (χ4n) is 3.59. The molecule has 6 nitrogen and oxygen atoms in total. The summed E-state index contributed by atoms with van der Waals surface area (Å²) in [6.45, 7) is 2.69. The largest absolute Gasteiger partial charge is 0.385 e. The van der Waals surface area contributed by atoms with Crippen LogP contribution in [0.4, 0.5) is 0 Å². The van der Waals surface area contributed by atoms with E-state index in [1.54, 1.807) is 7.11 Å². The minimum atomic E-state index is 0.391. The maximum Gasteiger partial charge on any atom is 0.190 e. The van der Waals surface area contributed by atoms with Crippen LogP contribution in [0.15, 0.2) is 29.3 Å². The number of ether oxygens (including phenoxy) is 1. The lowest BCUT2D eigenvalue weighted by Gasteiger charge is -2.42. The fourth-order valence-corrected chi connectivity index (χ4v) is 3.59. The highest BCUT2D eigenvalue weighted by Gasteiger charge is 2.36. The number of rotatable bonds is 9. The second-order valence-electron chi connectivity index (χ2n) is 7.25. The van der Waals surface area contributed by atoms with E-state index in [2.05, 4.69) is 31.7 Å². The van der Waals surface area contributed by atoms with E-state index in [0.717, 1.165) is 61.8 Å². The van der Waals surface area contributed by atoms with E-state index in [9.17, 15) is 0 Å². The number of H-pyrrole nitrogens is 1. The average Bonchev–Trinajstić information content (AvgIpc) is 3.05. The van der Waals surface area contributed by atoms with Crippen molar-refractivity contribution in [3.63, 3.8) is 0 Å². The molecule has 1 heterocycles. The molecule has 1 aromatic carbocycles. The van der Waals surface area contributed by atoms with E-state index in [0.29, 0.717) is 5.41 Å². The predicted octanol–water partition coefficient (Wildman–Crippen LogP) is 2.87. The summed E-state index contributed by atoms with van der Waals surface area (Å²) in [4.78, 5) is 12.4. The molecular weight excluding hydrogens is 326 g/mol. The minimum Gasteiger partial charge on any atom is -0.385 e. The van der Waals surface area contributed by atoms with Crippen molar-refractivity contribution in [2.45, 2.75) is 38.5 Å². The Hall–Kier alpha value is -2.08. The molecule has 1 fully saturated rings. The van der Waals surface area contributed by atoms with Gasteiger partial charge in [0.05, 0.1) is 11.0 Å². The average molecular weight is 358 g/mol. The van der Waals surface area contributed by atoms with E-state index in [4.69, 9.17) is 4.74 Å². The van der Waals surface area contributed by atoms with Crippen molar-refractivity contribution in [3.05, 3.63) is 30.1 Å². The number of hydrogen-bond donors (Lipinski definition) is 3. The molecule has 142 valence electrons. The van der Waals surface area contributed by atoms with E-state index in [-0.39, 0.29) is 0 Å². The summed E-state index contributed by atoms with van der Waals surface area (Å²) in [6, 6.07) is 8.16. The molecule has 1 aromatic heterocycles. The Morgan fingerprint density at radius 2 is 2.15 bits per heavy atom. The normalized spacial score (nSPS) is 16.5. The van der Waals surface area contributed by atoms with Crippen LogP contribution in [0.25, 0.3) is 11.0 Å². The lowest BCUT2D eigenvalue weighted by Crippen LogP contribution is -2.47. The van der Waals surface area contributed by atoms with Crippen LogP contribution in [0, 0.1) is 5.41 Å². The highest BCUT2D eigenvalue weighted by atomic mass is 16.5. The van der Waals surface area contributed by atoms with E-state index in [1.807, 2.05) is 25.2 Å². The number of guanidine groups is 1. The van der Waals surface area contributed by atoms with Crippen LogP contribution in [-0.4, -0.2) is 49.8 Å². The van der Waals surface area contributed by atoms with Gasteiger partial charge in [0.2, 0.25) is 0 Å². The second kappa shape index (κ2) is 9.03. The van der Waals surface area contributed by atoms with Gasteiger partial charge in [0, 0.05) is 40.3 Å². The zero-order valence-electron chi connectivity index (χ0n) is 16.0. The van der Waals surface area contributed by atoms with E-state index in [1.165, 1.54) is 19.3 Å². The number of aryl methyl sites for hydroxylation is 1. The number of aliphatic imine (C=N–C) groups is 1. The van der Waals surface area contributed by atoms with Crippen molar-refractivity contribution >= 4 is 17.0 Å². The van der Waals surface area contributed by atoms with Crippen LogP contribution < -0.4 is 10.6 Å². The van der Waals surface area contributed by atoms with Gasteiger partial charge in [-0.1, -0.05) is 18.6 Å². The van der Waals surface area contributed by atoms with Crippen molar-refractivity contribution in [1.29, 1.82) is 0 Å². The predicted molar refractivity (Wildman–Crippen MR) is 107 cm³/mol. The SMILES string of the molecule is CN=C(NCCCc1nc2ccccc2[nH]1)NCC1(CCOC)CCC1. The van der Waals surface area contributed by atoms with Gasteiger partial charge in [0.1, 0.15) is 5.82 Å². The number of aromatic amines is 1. The number of nitrogens with one attached hydrogen (secondary N) is 3. The molecule has 0 spiro atoms. The van der Waals surface area contributed by atoms with Gasteiger partial charge in [-0.3, -0.25) is 4.99 Å². The molecule has 2 aromatic rings. The highest BCUT2D eigenvalue weighted by Crippen LogP contribution is 2.43. The molecule has 1 aliphatic rings. The Kier molecular flexibility index (Phi) is 6.50. The minimum absolute atomic E-state index is 0.391. The summed E-state index contributed by atoms with van der Waals surface area (Å²) in [5.41, 5.74) is 2.53. The van der Waals surface area contributed by atoms with Crippen molar-refractivity contribution in [2.24, 2.45) is 10.4 Å². The number of methoxy groups -OCH3 is 1. The number of aromatic nitrogens is 2. The molecule has 0 saturated heterocycles. The molecule has 1 aliphatic carbocycles. The standard InChI is InChI=1S/C20H31N5O/c1-21-19(23-15-20(10-6-11-20)12-14-26-2)22-13-5-9-18-24-16-7-3-4-8-17(16)25-18/h3-4,7-8H,5-6,9-15H2,1-2H3,(H,24,25)(H2,21,22,23). The zero-order valence-corrected chi connectivity index (χ0v) is 16.0. The molecule has 26 heavy (non-hydrogen) atoms. The molecule has 0 amide bonds. The summed E-state index contributed by atoms with van der Waals surface area (Å²) < 4.78 is 5.27. The molecule has 0 atom stereocenters. The Morgan fingerprint density at radius 3 is 2.85 bits per heavy atom. The Balaban J connectivity index is 1.38. The first-order valence-electron chi connectivity index (χ1n) is 9.62. The molecule has 0 aliphatic heterocycles. The van der Waals surface area contributed by atoms with Crippen LogP contribution in [0.2, 0.25) is 0 Å². The number of hydrogen-bond acceptors (Lipinski definition) is 3. The molecule has 1 saturated carbocycles. The monoisotopic (exact) mass is 357 g/mol. The topological polar surface area (TPSA) is 74.3 Å². The lowest BCUT2D eigenvalue weighted by atomic mass is 9.67. The van der Waals surface area contributed by atoms with Crippen LogP contribution >= 0.6 is 0 Å². The molecule has 6 heteroatoms. The Bertz CT molecular complexity index is 687. The zero-order chi connectivity index (χ0) is 18.2. The van der Waals surface area contributed by atoms with Crippen LogP contribution in [0.1, 0.15) is 37.9 Å². The Morgan fingerprint density at radius 1 is 1.31 bits per heavy atom. The Labute approximate surface area is 155 Å². The quantitative estimate of drug-likeness (QED) is 0.366. The van der Waals surface area contributed by atoms with Gasteiger partial charge in [0.25, 0.3) is 0 Å². The van der Waals surface area contributed by atoms with Gasteiger partial charge in [-0.25, -0.2) is 4.98 Å². The van der Waals surface area contributed by atoms with Crippen molar-refractivity contribution in [3.8, 4) is 0 Å². The van der Waals surface area contributed by atoms with Crippen LogP contribution in [0.5, 0.6) is 0 Å². The summed E-state index contributed by atoms with van der Waals surface area (Å²) in [7, 11) is 3.61. The molecule has 3 rings (SSSR count). The third-order valence-electron chi connectivity index (χ3n) is 5.43. The third-order valence-corrected chi connectivity index (χ3v) is 5.43. The third kappa shape index (κ3) is 4.75. The summed E-state index contributed by atoms with van der Waals surface area (Å²) in [5, 5.41) is 6.92. The summed E-state index contributed by atoms with van der Waals surface area (Å²) in [6.07, 6.45) is 6.96. The first-order valence-corrected chi connectivity index (χ1v) is 9.62. The molecular formula is C20H31N5O. The van der Waals surface area contributed by atoms with Crippen LogP contribution in [-0.2, 0) is 11.2 Å². The second-order valence-corrected chi connectivity index (χ2v) is 7.25. The number of fused-ring (bicyclic) bond motifs is 1. The molecule has 0 radical (unpaired) electrons. The maximum absolute atomic E-state index is 5.27. The fraction of sp³-hybridized carbons (Fsp3) is 0.600. The molecule has 0 unspecified atom stereocenters. The number of para-hydroxylation sites is 2. The van der Waals surface area contributed by atoms with Crippen molar-refractivity contribution < 1.29 is 4.74 Å². The highest BCUT2D eigenvalue weighted by molar-refractivity contribution is 5.79. The number of nitrogens with zero attached hydrogens (tertiary/aromatic N) is 2. The molecule has 0 bridgehead atoms.